The van der Waals surface area contributed by atoms with Gasteiger partial charge in [-0.05, 0) is 46.7 Å². The molecule has 14 heavy (non-hydrogen) atoms. The molecule has 4 heteroatoms. The lowest BCUT2D eigenvalue weighted by Gasteiger charge is -2.02. The summed E-state index contributed by atoms with van der Waals surface area (Å²) < 4.78 is 4.03. The van der Waals surface area contributed by atoms with Crippen molar-refractivity contribution in [3.63, 3.8) is 0 Å². The monoisotopic (exact) mass is 270 g/mol. The Bertz CT molecular complexity index is 512. The molecule has 1 aromatic carbocycles. The molecule has 2 nitrogen and oxygen atoms in total. The fourth-order valence-corrected chi connectivity index (χ4v) is 2.48. The van der Waals surface area contributed by atoms with Crippen LogP contribution in [0.2, 0.25) is 0 Å². The van der Waals surface area contributed by atoms with Gasteiger partial charge in [0.15, 0.2) is 4.77 Å². The van der Waals surface area contributed by atoms with Crippen LogP contribution in [-0.2, 0) is 6.54 Å². The van der Waals surface area contributed by atoms with Gasteiger partial charge < -0.3 is 9.55 Å². The summed E-state index contributed by atoms with van der Waals surface area (Å²) in [4.78, 5) is 3.20. The molecule has 1 heterocycles. The van der Waals surface area contributed by atoms with Crippen molar-refractivity contribution in [3.05, 3.63) is 27.4 Å². The molecule has 2 rings (SSSR count). The van der Waals surface area contributed by atoms with Crippen molar-refractivity contribution in [1.82, 2.24) is 9.55 Å². The SMILES string of the molecule is CCCn1c(=S)[nH]c2cccc(Br)c21. The zero-order valence-corrected chi connectivity index (χ0v) is 10.3. The molecule has 0 aliphatic rings. The standard InChI is InChI=1S/C10H11BrN2S/c1-2-6-13-9-7(11)4-3-5-8(9)12-10(13)14/h3-5H,2,6H2,1H3,(H,12,14). The topological polar surface area (TPSA) is 20.7 Å². The van der Waals surface area contributed by atoms with E-state index in [1.165, 1.54) is 5.52 Å². The van der Waals surface area contributed by atoms with E-state index < -0.39 is 0 Å². The van der Waals surface area contributed by atoms with Crippen LogP contribution in [0.15, 0.2) is 22.7 Å². The minimum atomic E-state index is 0.800. The molecule has 0 saturated heterocycles. The van der Waals surface area contributed by atoms with Crippen molar-refractivity contribution in [3.8, 4) is 0 Å². The van der Waals surface area contributed by atoms with Crippen molar-refractivity contribution in [2.24, 2.45) is 0 Å². The Balaban J connectivity index is 2.79. The molecule has 0 amide bonds. The van der Waals surface area contributed by atoms with Gasteiger partial charge in [-0.1, -0.05) is 13.0 Å². The highest BCUT2D eigenvalue weighted by molar-refractivity contribution is 9.10. The number of halogens is 1. The molecule has 0 radical (unpaired) electrons. The van der Waals surface area contributed by atoms with Gasteiger partial charge in [0.2, 0.25) is 0 Å². The Morgan fingerprint density at radius 1 is 1.50 bits per heavy atom. The normalized spacial score (nSPS) is 11.0. The average molecular weight is 271 g/mol. The number of rotatable bonds is 2. The maximum absolute atomic E-state index is 5.26. The quantitative estimate of drug-likeness (QED) is 0.822. The number of nitrogens with one attached hydrogen (secondary N) is 1. The molecule has 1 N–H and O–H groups in total. The fraction of sp³-hybridized carbons (Fsp3) is 0.300. The lowest BCUT2D eigenvalue weighted by atomic mass is 10.3. The minimum absolute atomic E-state index is 0.800. The van der Waals surface area contributed by atoms with Crippen molar-refractivity contribution in [2.45, 2.75) is 19.9 Å². The van der Waals surface area contributed by atoms with Gasteiger partial charge in [0, 0.05) is 11.0 Å². The summed E-state index contributed by atoms with van der Waals surface area (Å²) in [5.41, 5.74) is 2.26. The number of H-pyrrole nitrogens is 1. The van der Waals surface area contributed by atoms with E-state index in [0.29, 0.717) is 0 Å². The van der Waals surface area contributed by atoms with Crippen LogP contribution in [0.4, 0.5) is 0 Å². The Kier molecular flexibility index (Phi) is 2.74. The summed E-state index contributed by atoms with van der Waals surface area (Å²) >= 11 is 8.81. The lowest BCUT2D eigenvalue weighted by Crippen LogP contribution is -1.96. The number of fused-ring (bicyclic) bond motifs is 1. The van der Waals surface area contributed by atoms with E-state index in [9.17, 15) is 0 Å². The van der Waals surface area contributed by atoms with Crippen LogP contribution in [0.1, 0.15) is 13.3 Å². The first kappa shape index (κ1) is 9.93. The van der Waals surface area contributed by atoms with E-state index in [0.717, 1.165) is 27.7 Å². The summed E-state index contributed by atoms with van der Waals surface area (Å²) in [6, 6.07) is 6.09. The van der Waals surface area contributed by atoms with Crippen LogP contribution >= 0.6 is 28.1 Å². The smallest absolute Gasteiger partial charge is 0.178 e. The highest BCUT2D eigenvalue weighted by atomic mass is 79.9. The molecule has 0 unspecified atom stereocenters. The number of aryl methyl sites for hydroxylation is 1. The molecule has 0 bridgehead atoms. The second-order valence-corrected chi connectivity index (χ2v) is 4.46. The molecular weight excluding hydrogens is 260 g/mol. The van der Waals surface area contributed by atoms with E-state index in [-0.39, 0.29) is 0 Å². The summed E-state index contributed by atoms with van der Waals surface area (Å²) in [6.07, 6.45) is 1.09. The summed E-state index contributed by atoms with van der Waals surface area (Å²) in [6.45, 7) is 3.11. The van der Waals surface area contributed by atoms with Crippen LogP contribution in [0.3, 0.4) is 0 Å². The maximum Gasteiger partial charge on any atom is 0.178 e. The molecule has 2 aromatic rings. The highest BCUT2D eigenvalue weighted by Gasteiger charge is 2.05. The molecule has 0 spiro atoms. The Morgan fingerprint density at radius 3 is 3.00 bits per heavy atom. The third-order valence-electron chi connectivity index (χ3n) is 2.19. The molecule has 0 aliphatic carbocycles. The predicted molar refractivity (Wildman–Crippen MR) is 65.1 cm³/mol. The van der Waals surface area contributed by atoms with Crippen molar-refractivity contribution in [2.75, 3.05) is 0 Å². The minimum Gasteiger partial charge on any atom is -0.331 e. The Hall–Kier alpha value is -0.610. The zero-order valence-electron chi connectivity index (χ0n) is 7.88. The number of aromatic nitrogens is 2. The van der Waals surface area contributed by atoms with E-state index >= 15 is 0 Å². The summed E-state index contributed by atoms with van der Waals surface area (Å²) in [7, 11) is 0. The van der Waals surface area contributed by atoms with Gasteiger partial charge in [0.25, 0.3) is 0 Å². The van der Waals surface area contributed by atoms with Gasteiger partial charge >= 0.3 is 0 Å². The number of hydrogen-bond acceptors (Lipinski definition) is 1. The number of hydrogen-bond donors (Lipinski definition) is 1. The van der Waals surface area contributed by atoms with Crippen LogP contribution < -0.4 is 0 Å². The third-order valence-corrected chi connectivity index (χ3v) is 3.15. The first-order chi connectivity index (χ1) is 6.74. The van der Waals surface area contributed by atoms with Crippen LogP contribution in [0.25, 0.3) is 11.0 Å². The van der Waals surface area contributed by atoms with Crippen molar-refractivity contribution in [1.29, 1.82) is 0 Å². The third kappa shape index (κ3) is 1.53. The van der Waals surface area contributed by atoms with Gasteiger partial charge in [-0.25, -0.2) is 0 Å². The number of para-hydroxylation sites is 1. The molecular formula is C10H11BrN2S. The Morgan fingerprint density at radius 2 is 2.29 bits per heavy atom. The lowest BCUT2D eigenvalue weighted by molar-refractivity contribution is 0.688. The second kappa shape index (κ2) is 3.87. The molecule has 0 fully saturated rings. The van der Waals surface area contributed by atoms with Crippen LogP contribution in [0, 0.1) is 4.77 Å². The molecule has 74 valence electrons. The fourth-order valence-electron chi connectivity index (χ4n) is 1.61. The van der Waals surface area contributed by atoms with E-state index in [1.807, 2.05) is 18.2 Å². The van der Waals surface area contributed by atoms with Gasteiger partial charge in [0.1, 0.15) is 0 Å². The van der Waals surface area contributed by atoms with Crippen molar-refractivity contribution >= 4 is 39.2 Å². The molecule has 1 aromatic heterocycles. The molecule has 0 atom stereocenters. The highest BCUT2D eigenvalue weighted by Crippen LogP contribution is 2.23. The average Bonchev–Trinajstić information content (AvgIpc) is 2.45. The molecule has 0 saturated carbocycles. The summed E-state index contributed by atoms with van der Waals surface area (Å²) in [5.74, 6) is 0. The number of imidazole rings is 1. The van der Waals surface area contributed by atoms with E-state index in [4.69, 9.17) is 12.2 Å². The van der Waals surface area contributed by atoms with Crippen LogP contribution in [-0.4, -0.2) is 9.55 Å². The van der Waals surface area contributed by atoms with Crippen LogP contribution in [0.5, 0.6) is 0 Å². The van der Waals surface area contributed by atoms with Gasteiger partial charge in [-0.15, -0.1) is 0 Å². The number of aromatic amines is 1. The maximum atomic E-state index is 5.26. The predicted octanol–water partition coefficient (Wildman–Crippen LogP) is 3.87. The van der Waals surface area contributed by atoms with Gasteiger partial charge in [0.05, 0.1) is 11.0 Å². The number of nitrogens with zero attached hydrogens (tertiary/aromatic N) is 1. The zero-order chi connectivity index (χ0) is 10.1. The first-order valence-corrected chi connectivity index (χ1v) is 5.81. The second-order valence-electron chi connectivity index (χ2n) is 3.22. The Labute approximate surface area is 96.1 Å². The molecule has 0 aliphatic heterocycles. The van der Waals surface area contributed by atoms with Crippen molar-refractivity contribution < 1.29 is 0 Å². The van der Waals surface area contributed by atoms with E-state index in [2.05, 4.69) is 32.4 Å². The first-order valence-electron chi connectivity index (χ1n) is 4.61. The van der Waals surface area contributed by atoms with Gasteiger partial charge in [-0.3, -0.25) is 0 Å². The van der Waals surface area contributed by atoms with E-state index in [1.54, 1.807) is 0 Å². The summed E-state index contributed by atoms with van der Waals surface area (Å²) in [5, 5.41) is 0. The van der Waals surface area contributed by atoms with Gasteiger partial charge in [-0.2, -0.15) is 0 Å². The largest absolute Gasteiger partial charge is 0.331 e. The number of benzene rings is 1.